The number of ether oxygens (including phenoxy) is 1. The molecule has 1 saturated carbocycles. The number of carbonyl (C=O) groups excluding carboxylic acids is 1. The highest BCUT2D eigenvalue weighted by atomic mass is 16.5. The van der Waals surface area contributed by atoms with Crippen LogP contribution in [0.1, 0.15) is 25.1 Å². The summed E-state index contributed by atoms with van der Waals surface area (Å²) in [7, 11) is 3.52. The van der Waals surface area contributed by atoms with Crippen molar-refractivity contribution in [3.63, 3.8) is 0 Å². The third-order valence-corrected chi connectivity index (χ3v) is 6.16. The summed E-state index contributed by atoms with van der Waals surface area (Å²) < 4.78 is 7.17. The van der Waals surface area contributed by atoms with Gasteiger partial charge in [-0.25, -0.2) is 9.78 Å². The number of nitrogens with one attached hydrogen (secondary N) is 1. The molecular formula is C19H24N4O4. The maximum absolute atomic E-state index is 12.6. The highest BCUT2D eigenvalue weighted by Crippen LogP contribution is 2.48. The van der Waals surface area contributed by atoms with E-state index in [0.717, 1.165) is 35.4 Å². The first kappa shape index (κ1) is 17.6. The number of hydrogen-bond acceptors (Lipinski definition) is 4. The average Bonchev–Trinajstić information content (AvgIpc) is 3.30. The van der Waals surface area contributed by atoms with Gasteiger partial charge in [-0.15, -0.1) is 0 Å². The number of amides is 2. The van der Waals surface area contributed by atoms with Crippen LogP contribution in [-0.2, 0) is 18.4 Å². The molecule has 2 fully saturated rings. The fraction of sp³-hybridized carbons (Fsp3) is 0.526. The van der Waals surface area contributed by atoms with Gasteiger partial charge in [0, 0.05) is 26.2 Å². The number of carboxylic acids is 1. The van der Waals surface area contributed by atoms with Crippen LogP contribution in [0.4, 0.5) is 4.79 Å². The van der Waals surface area contributed by atoms with Crippen molar-refractivity contribution in [2.45, 2.75) is 25.8 Å². The Balaban J connectivity index is 1.45. The molecule has 2 N–H and O–H groups in total. The number of carboxylic acid groups (broad SMARTS) is 1. The van der Waals surface area contributed by atoms with E-state index >= 15 is 0 Å². The minimum Gasteiger partial charge on any atom is -0.497 e. The zero-order chi connectivity index (χ0) is 19.2. The Morgan fingerprint density at radius 3 is 2.96 bits per heavy atom. The molecule has 1 aliphatic carbocycles. The van der Waals surface area contributed by atoms with E-state index in [0.29, 0.717) is 19.5 Å². The van der Waals surface area contributed by atoms with Gasteiger partial charge in [0.1, 0.15) is 11.6 Å². The van der Waals surface area contributed by atoms with Crippen molar-refractivity contribution < 1.29 is 19.4 Å². The number of aromatic nitrogens is 2. The number of methoxy groups -OCH3 is 1. The number of aryl methyl sites for hydroxylation is 1. The van der Waals surface area contributed by atoms with Crippen LogP contribution < -0.4 is 10.1 Å². The molecule has 2 atom stereocenters. The standard InChI is InChI=1S/C19H24N4O4/c1-22-15-6-5-13(27-2)8-14(15)21-16(22)9-20-18(26)23-10-12-4-3-7-19(12,11-23)17(24)25/h5-6,8,12H,3-4,7,9-11H2,1-2H3,(H,20,26)(H,24,25)/t12-,19+/m0/s1. The molecule has 2 aromatic rings. The summed E-state index contributed by atoms with van der Waals surface area (Å²) in [5, 5.41) is 12.6. The fourth-order valence-electron chi connectivity index (χ4n) is 4.57. The quantitative estimate of drug-likeness (QED) is 0.855. The first-order valence-electron chi connectivity index (χ1n) is 9.20. The number of carbonyl (C=O) groups is 2. The molecule has 0 bridgehead atoms. The van der Waals surface area contributed by atoms with Gasteiger partial charge in [0.25, 0.3) is 0 Å². The largest absolute Gasteiger partial charge is 0.497 e. The van der Waals surface area contributed by atoms with Crippen molar-refractivity contribution in [2.75, 3.05) is 20.2 Å². The van der Waals surface area contributed by atoms with Crippen LogP contribution in [0.25, 0.3) is 11.0 Å². The van der Waals surface area contributed by atoms with Crippen molar-refractivity contribution >= 4 is 23.0 Å². The van der Waals surface area contributed by atoms with Gasteiger partial charge in [0.2, 0.25) is 0 Å². The van der Waals surface area contributed by atoms with Gasteiger partial charge >= 0.3 is 12.0 Å². The molecule has 1 aliphatic heterocycles. The van der Waals surface area contributed by atoms with Gasteiger partial charge in [-0.3, -0.25) is 4.79 Å². The SMILES string of the molecule is COc1ccc2c(c1)nc(CNC(=O)N1C[C@@H]3CCC[C@@]3(C(=O)O)C1)n2C. The Kier molecular flexibility index (Phi) is 4.20. The highest BCUT2D eigenvalue weighted by molar-refractivity contribution is 5.81. The third kappa shape index (κ3) is 2.79. The van der Waals surface area contributed by atoms with Crippen molar-refractivity contribution in [1.29, 1.82) is 0 Å². The third-order valence-electron chi connectivity index (χ3n) is 6.16. The van der Waals surface area contributed by atoms with E-state index in [9.17, 15) is 14.7 Å². The molecular weight excluding hydrogens is 348 g/mol. The van der Waals surface area contributed by atoms with E-state index in [2.05, 4.69) is 10.3 Å². The molecule has 0 radical (unpaired) electrons. The van der Waals surface area contributed by atoms with Gasteiger partial charge in [-0.2, -0.15) is 0 Å². The summed E-state index contributed by atoms with van der Waals surface area (Å²) in [5.41, 5.74) is 1.01. The molecule has 1 aromatic heterocycles. The van der Waals surface area contributed by atoms with Gasteiger partial charge in [0.05, 0.1) is 30.1 Å². The second-order valence-electron chi connectivity index (χ2n) is 7.53. The van der Waals surface area contributed by atoms with Crippen LogP contribution in [-0.4, -0.2) is 51.8 Å². The number of benzene rings is 1. The summed E-state index contributed by atoms with van der Waals surface area (Å²) in [4.78, 5) is 30.6. The van der Waals surface area contributed by atoms with Crippen molar-refractivity contribution in [2.24, 2.45) is 18.4 Å². The Hall–Kier alpha value is -2.77. The maximum Gasteiger partial charge on any atom is 0.317 e. The van der Waals surface area contributed by atoms with E-state index in [1.807, 2.05) is 29.8 Å². The average molecular weight is 372 g/mol. The lowest BCUT2D eigenvalue weighted by Crippen LogP contribution is -2.41. The van der Waals surface area contributed by atoms with E-state index < -0.39 is 11.4 Å². The number of fused-ring (bicyclic) bond motifs is 2. The Labute approximate surface area is 157 Å². The normalized spacial score (nSPS) is 24.2. The summed E-state index contributed by atoms with van der Waals surface area (Å²) >= 11 is 0. The summed E-state index contributed by atoms with van der Waals surface area (Å²) in [6.07, 6.45) is 2.46. The molecule has 8 heteroatoms. The lowest BCUT2D eigenvalue weighted by Gasteiger charge is -2.23. The molecule has 27 heavy (non-hydrogen) atoms. The van der Waals surface area contributed by atoms with E-state index in [1.165, 1.54) is 0 Å². The van der Waals surface area contributed by atoms with E-state index in [-0.39, 0.29) is 18.5 Å². The van der Waals surface area contributed by atoms with Crippen LogP contribution in [0.15, 0.2) is 18.2 Å². The zero-order valence-electron chi connectivity index (χ0n) is 15.6. The number of imidazole rings is 1. The van der Waals surface area contributed by atoms with Crippen LogP contribution in [0, 0.1) is 11.3 Å². The lowest BCUT2D eigenvalue weighted by molar-refractivity contribution is -0.149. The molecule has 144 valence electrons. The molecule has 1 saturated heterocycles. The lowest BCUT2D eigenvalue weighted by atomic mass is 9.81. The summed E-state index contributed by atoms with van der Waals surface area (Å²) in [5.74, 6) is 0.756. The number of likely N-dealkylation sites (tertiary alicyclic amines) is 1. The predicted octanol–water partition coefficient (Wildman–Crippen LogP) is 1.98. The molecule has 0 unspecified atom stereocenters. The van der Waals surface area contributed by atoms with Crippen molar-refractivity contribution in [3.05, 3.63) is 24.0 Å². The van der Waals surface area contributed by atoms with E-state index in [4.69, 9.17) is 4.74 Å². The number of aliphatic carboxylic acids is 1. The first-order valence-corrected chi connectivity index (χ1v) is 9.20. The van der Waals surface area contributed by atoms with Crippen LogP contribution in [0.3, 0.4) is 0 Å². The topological polar surface area (TPSA) is 96.7 Å². The second-order valence-corrected chi connectivity index (χ2v) is 7.53. The van der Waals surface area contributed by atoms with Crippen LogP contribution >= 0.6 is 0 Å². The number of hydrogen-bond donors (Lipinski definition) is 2. The number of urea groups is 1. The van der Waals surface area contributed by atoms with E-state index in [1.54, 1.807) is 12.0 Å². The Morgan fingerprint density at radius 1 is 1.44 bits per heavy atom. The van der Waals surface area contributed by atoms with Crippen LogP contribution in [0.5, 0.6) is 5.75 Å². The smallest absolute Gasteiger partial charge is 0.317 e. The molecule has 1 aromatic carbocycles. The van der Waals surface area contributed by atoms with Crippen molar-refractivity contribution in [3.8, 4) is 5.75 Å². The van der Waals surface area contributed by atoms with Gasteiger partial charge in [-0.1, -0.05) is 6.42 Å². The number of nitrogens with zero attached hydrogens (tertiary/aromatic N) is 3. The summed E-state index contributed by atoms with van der Waals surface area (Å²) in [6.45, 7) is 1.09. The van der Waals surface area contributed by atoms with Gasteiger partial charge in [-0.05, 0) is 30.9 Å². The highest BCUT2D eigenvalue weighted by Gasteiger charge is 2.55. The van der Waals surface area contributed by atoms with Crippen LogP contribution in [0.2, 0.25) is 0 Å². The molecule has 2 heterocycles. The fourth-order valence-corrected chi connectivity index (χ4v) is 4.57. The van der Waals surface area contributed by atoms with Gasteiger partial charge < -0.3 is 24.6 Å². The first-order chi connectivity index (χ1) is 12.9. The molecule has 4 rings (SSSR count). The molecule has 2 aliphatic rings. The molecule has 2 amide bonds. The second kappa shape index (κ2) is 6.44. The number of rotatable bonds is 4. The zero-order valence-corrected chi connectivity index (χ0v) is 15.6. The molecule has 8 nitrogen and oxygen atoms in total. The predicted molar refractivity (Wildman–Crippen MR) is 98.5 cm³/mol. The Morgan fingerprint density at radius 2 is 2.26 bits per heavy atom. The van der Waals surface area contributed by atoms with Crippen molar-refractivity contribution in [1.82, 2.24) is 19.8 Å². The maximum atomic E-state index is 12.6. The van der Waals surface area contributed by atoms with Gasteiger partial charge in [0.15, 0.2) is 0 Å². The summed E-state index contributed by atoms with van der Waals surface area (Å²) in [6, 6.07) is 5.44. The Bertz CT molecular complexity index is 908. The minimum absolute atomic E-state index is 0.0592. The molecule has 0 spiro atoms. The monoisotopic (exact) mass is 372 g/mol. The minimum atomic E-state index is -0.774.